The van der Waals surface area contributed by atoms with Gasteiger partial charge in [0.2, 0.25) is 0 Å². The second kappa shape index (κ2) is 6.80. The third kappa shape index (κ3) is 4.25. The summed E-state index contributed by atoms with van der Waals surface area (Å²) in [4.78, 5) is 1.27. The van der Waals surface area contributed by atoms with Crippen LogP contribution in [0.5, 0.6) is 0 Å². The number of thiophene rings is 1. The van der Waals surface area contributed by atoms with Crippen LogP contribution < -0.4 is 5.73 Å². The minimum absolute atomic E-state index is 0.332. The van der Waals surface area contributed by atoms with E-state index in [1.165, 1.54) is 21.6 Å². The van der Waals surface area contributed by atoms with Gasteiger partial charge in [0.25, 0.3) is 0 Å². The molecular weight excluding hydrogens is 294 g/mol. The lowest BCUT2D eigenvalue weighted by atomic mass is 10.1. The fourth-order valence-corrected chi connectivity index (χ4v) is 4.46. The van der Waals surface area contributed by atoms with Crippen LogP contribution in [0.4, 0.5) is 0 Å². The lowest BCUT2D eigenvalue weighted by Gasteiger charge is -2.13. The van der Waals surface area contributed by atoms with Gasteiger partial charge >= 0.3 is 0 Å². The predicted molar refractivity (Wildman–Crippen MR) is 88.3 cm³/mol. The fourth-order valence-electron chi connectivity index (χ4n) is 2.12. The van der Waals surface area contributed by atoms with Crippen LogP contribution in [0.3, 0.4) is 0 Å². The maximum atomic E-state index is 5.99. The highest BCUT2D eigenvalue weighted by molar-refractivity contribution is 7.98. The summed E-state index contributed by atoms with van der Waals surface area (Å²) >= 11 is 9.50. The molecule has 2 aromatic rings. The van der Waals surface area contributed by atoms with E-state index >= 15 is 0 Å². The van der Waals surface area contributed by atoms with E-state index in [0.29, 0.717) is 11.8 Å². The van der Waals surface area contributed by atoms with Crippen LogP contribution in [0.2, 0.25) is 4.34 Å². The zero-order chi connectivity index (χ0) is 13.8. The summed E-state index contributed by atoms with van der Waals surface area (Å²) in [7, 11) is 0. The highest BCUT2D eigenvalue weighted by Gasteiger charge is 2.13. The quantitative estimate of drug-likeness (QED) is 0.845. The maximum absolute atomic E-state index is 5.99. The molecule has 0 spiro atoms. The predicted octanol–water partition coefficient (Wildman–Crippen LogP) is 4.95. The summed E-state index contributed by atoms with van der Waals surface area (Å²) in [5, 5.41) is 0.332. The molecule has 0 amide bonds. The van der Waals surface area contributed by atoms with Gasteiger partial charge in [-0.25, -0.2) is 0 Å². The average Bonchev–Trinajstić information content (AvgIpc) is 2.75. The van der Waals surface area contributed by atoms with Gasteiger partial charge in [-0.2, -0.15) is 0 Å². The van der Waals surface area contributed by atoms with Crippen molar-refractivity contribution in [2.24, 2.45) is 5.73 Å². The first-order valence-electron chi connectivity index (χ1n) is 6.22. The van der Waals surface area contributed by atoms with Crippen LogP contribution in [0.25, 0.3) is 0 Å². The summed E-state index contributed by atoms with van der Waals surface area (Å²) in [6, 6.07) is 10.7. The SMILES string of the molecule is Cc1cc(C)cc(CSC(CN)c2ccc(Cl)s2)c1. The Bertz CT molecular complexity index is 531. The van der Waals surface area contributed by atoms with Crippen LogP contribution in [0, 0.1) is 13.8 Å². The summed E-state index contributed by atoms with van der Waals surface area (Å²) in [5.41, 5.74) is 9.88. The van der Waals surface area contributed by atoms with Crippen LogP contribution in [-0.4, -0.2) is 6.54 Å². The fraction of sp³-hybridized carbons (Fsp3) is 0.333. The van der Waals surface area contributed by atoms with Gasteiger partial charge in [0.05, 0.1) is 9.59 Å². The molecule has 1 aromatic carbocycles. The first-order valence-corrected chi connectivity index (χ1v) is 8.47. The number of benzene rings is 1. The summed E-state index contributed by atoms with van der Waals surface area (Å²) < 4.78 is 0.834. The molecule has 2 N–H and O–H groups in total. The molecule has 1 nitrogen and oxygen atoms in total. The average molecular weight is 312 g/mol. The Labute approximate surface area is 128 Å². The molecule has 0 radical (unpaired) electrons. The number of rotatable bonds is 5. The Morgan fingerprint density at radius 1 is 1.21 bits per heavy atom. The van der Waals surface area contributed by atoms with E-state index < -0.39 is 0 Å². The third-order valence-electron chi connectivity index (χ3n) is 2.86. The van der Waals surface area contributed by atoms with Gasteiger partial charge in [-0.05, 0) is 31.5 Å². The van der Waals surface area contributed by atoms with E-state index in [9.17, 15) is 0 Å². The van der Waals surface area contributed by atoms with E-state index in [1.54, 1.807) is 11.3 Å². The lowest BCUT2D eigenvalue weighted by molar-refractivity contribution is 0.959. The Kier molecular flexibility index (Phi) is 5.34. The zero-order valence-electron chi connectivity index (χ0n) is 11.2. The molecule has 0 saturated carbocycles. The molecular formula is C15H18ClNS2. The van der Waals surface area contributed by atoms with Crippen molar-refractivity contribution in [1.82, 2.24) is 0 Å². The number of thioether (sulfide) groups is 1. The molecule has 19 heavy (non-hydrogen) atoms. The summed E-state index contributed by atoms with van der Waals surface area (Å²) in [6.45, 7) is 4.92. The Morgan fingerprint density at radius 2 is 1.89 bits per heavy atom. The van der Waals surface area contributed by atoms with Gasteiger partial charge in [-0.15, -0.1) is 23.1 Å². The van der Waals surface area contributed by atoms with Crippen LogP contribution in [-0.2, 0) is 5.75 Å². The van der Waals surface area contributed by atoms with Gasteiger partial charge in [-0.3, -0.25) is 0 Å². The van der Waals surface area contributed by atoms with Crippen molar-refractivity contribution in [3.8, 4) is 0 Å². The van der Waals surface area contributed by atoms with E-state index in [0.717, 1.165) is 10.1 Å². The smallest absolute Gasteiger partial charge is 0.0931 e. The van der Waals surface area contributed by atoms with Crippen molar-refractivity contribution in [3.05, 3.63) is 56.2 Å². The third-order valence-corrected chi connectivity index (χ3v) is 5.70. The number of halogens is 1. The molecule has 0 saturated heterocycles. The molecule has 1 aromatic heterocycles. The van der Waals surface area contributed by atoms with Crippen molar-refractivity contribution in [2.75, 3.05) is 6.54 Å². The molecule has 2 rings (SSSR count). The Morgan fingerprint density at radius 3 is 2.42 bits per heavy atom. The van der Waals surface area contributed by atoms with E-state index in [2.05, 4.69) is 38.1 Å². The minimum Gasteiger partial charge on any atom is -0.329 e. The van der Waals surface area contributed by atoms with E-state index in [1.807, 2.05) is 17.8 Å². The number of hydrogen-bond acceptors (Lipinski definition) is 3. The molecule has 4 heteroatoms. The molecule has 102 valence electrons. The number of nitrogens with two attached hydrogens (primary N) is 1. The highest BCUT2D eigenvalue weighted by Crippen LogP contribution is 2.36. The number of aryl methyl sites for hydroxylation is 2. The Hall–Kier alpha value is -0.480. The summed E-state index contributed by atoms with van der Waals surface area (Å²) in [5.74, 6) is 0.986. The molecule has 0 fully saturated rings. The lowest BCUT2D eigenvalue weighted by Crippen LogP contribution is -2.08. The minimum atomic E-state index is 0.332. The largest absolute Gasteiger partial charge is 0.329 e. The molecule has 0 bridgehead atoms. The second-order valence-corrected chi connectivity index (χ2v) is 7.61. The van der Waals surface area contributed by atoms with Gasteiger partial charge in [-0.1, -0.05) is 40.9 Å². The standard InChI is InChI=1S/C15H18ClNS2/c1-10-5-11(2)7-12(6-10)9-18-14(8-17)13-3-4-15(16)19-13/h3-7,14H,8-9,17H2,1-2H3. The van der Waals surface area contributed by atoms with Crippen LogP contribution >= 0.6 is 34.7 Å². The molecule has 0 aliphatic carbocycles. The van der Waals surface area contributed by atoms with E-state index in [4.69, 9.17) is 17.3 Å². The molecule has 0 aliphatic rings. The highest BCUT2D eigenvalue weighted by atomic mass is 35.5. The van der Waals surface area contributed by atoms with Crippen molar-refractivity contribution >= 4 is 34.7 Å². The second-order valence-electron chi connectivity index (χ2n) is 4.67. The molecule has 1 atom stereocenters. The van der Waals surface area contributed by atoms with E-state index in [-0.39, 0.29) is 0 Å². The monoisotopic (exact) mass is 311 g/mol. The molecule has 1 unspecified atom stereocenters. The van der Waals surface area contributed by atoms with Crippen LogP contribution in [0.15, 0.2) is 30.3 Å². The normalized spacial score (nSPS) is 12.6. The first kappa shape index (κ1) is 14.9. The van der Waals surface area contributed by atoms with Crippen molar-refractivity contribution in [1.29, 1.82) is 0 Å². The summed E-state index contributed by atoms with van der Waals surface area (Å²) in [6.07, 6.45) is 0. The number of hydrogen-bond donors (Lipinski definition) is 1. The topological polar surface area (TPSA) is 26.0 Å². The van der Waals surface area contributed by atoms with Crippen molar-refractivity contribution < 1.29 is 0 Å². The van der Waals surface area contributed by atoms with Crippen molar-refractivity contribution in [3.63, 3.8) is 0 Å². The Balaban J connectivity index is 2.03. The van der Waals surface area contributed by atoms with Gasteiger partial charge in [0.15, 0.2) is 0 Å². The van der Waals surface area contributed by atoms with Gasteiger partial charge in [0, 0.05) is 17.2 Å². The zero-order valence-corrected chi connectivity index (χ0v) is 13.5. The van der Waals surface area contributed by atoms with Crippen molar-refractivity contribution in [2.45, 2.75) is 24.9 Å². The van der Waals surface area contributed by atoms with Crippen LogP contribution in [0.1, 0.15) is 26.8 Å². The maximum Gasteiger partial charge on any atom is 0.0931 e. The van der Waals surface area contributed by atoms with Gasteiger partial charge < -0.3 is 5.73 Å². The molecule has 0 aliphatic heterocycles. The van der Waals surface area contributed by atoms with Gasteiger partial charge in [0.1, 0.15) is 0 Å². The molecule has 1 heterocycles. The first-order chi connectivity index (χ1) is 9.08.